The molecule has 0 aliphatic heterocycles. The number of aliphatic hydroxyl groups is 2. The summed E-state index contributed by atoms with van der Waals surface area (Å²) in [5.74, 6) is 0. The van der Waals surface area contributed by atoms with Crippen molar-refractivity contribution in [3.05, 3.63) is 213 Å². The van der Waals surface area contributed by atoms with Gasteiger partial charge in [-0.1, -0.05) is 84.9 Å². The SMILES string of the molecule is CCN(Cc1ccc(CN(CC)c2ccc(C(O)(c3ccc(N(C)C)cc3)c3ccc(N(C)C)cc3)c(C)c2)cc1)c1ccc(C(O)(c2ccc(N(C)C)cc2)c2ccc(N(C)C)cc2)c(C)c1. The molecule has 0 aliphatic rings. The summed E-state index contributed by atoms with van der Waals surface area (Å²) in [5.41, 5.74) is 13.4. The molecule has 8 nitrogen and oxygen atoms in total. The highest BCUT2D eigenvalue weighted by molar-refractivity contribution is 5.62. The Labute approximate surface area is 406 Å². The van der Waals surface area contributed by atoms with Crippen LogP contribution in [0.25, 0.3) is 0 Å². The molecular weight excluding hydrogens is 837 g/mol. The monoisotopic (exact) mass is 909 g/mol. The maximum Gasteiger partial charge on any atom is 0.140 e. The van der Waals surface area contributed by atoms with Gasteiger partial charge in [0, 0.05) is 117 Å². The van der Waals surface area contributed by atoms with Gasteiger partial charge in [-0.25, -0.2) is 0 Å². The van der Waals surface area contributed by atoms with Gasteiger partial charge < -0.3 is 39.6 Å². The van der Waals surface area contributed by atoms with Gasteiger partial charge in [0.1, 0.15) is 11.2 Å². The molecule has 7 aromatic rings. The quantitative estimate of drug-likeness (QED) is 0.0826. The molecule has 354 valence electrons. The molecule has 0 unspecified atom stereocenters. The van der Waals surface area contributed by atoms with E-state index in [4.69, 9.17) is 0 Å². The summed E-state index contributed by atoms with van der Waals surface area (Å²) in [6.07, 6.45) is 0. The first-order valence-electron chi connectivity index (χ1n) is 23.8. The van der Waals surface area contributed by atoms with Gasteiger partial charge in [-0.3, -0.25) is 0 Å². The Balaban J connectivity index is 1.10. The molecule has 0 atom stereocenters. The van der Waals surface area contributed by atoms with Crippen molar-refractivity contribution in [1.82, 2.24) is 0 Å². The van der Waals surface area contributed by atoms with Crippen LogP contribution in [0.3, 0.4) is 0 Å². The number of anilines is 6. The van der Waals surface area contributed by atoms with E-state index in [1.165, 1.54) is 11.1 Å². The number of nitrogens with zero attached hydrogens (tertiary/aromatic N) is 6. The second-order valence-corrected chi connectivity index (χ2v) is 19.0. The zero-order valence-electron chi connectivity index (χ0n) is 42.4. The Morgan fingerprint density at radius 1 is 0.338 bits per heavy atom. The van der Waals surface area contributed by atoms with Crippen molar-refractivity contribution in [2.45, 2.75) is 52.0 Å². The van der Waals surface area contributed by atoms with Crippen LogP contribution < -0.4 is 29.4 Å². The Bertz CT molecular complexity index is 2450. The topological polar surface area (TPSA) is 59.9 Å². The number of hydrogen-bond acceptors (Lipinski definition) is 8. The molecule has 0 bridgehead atoms. The van der Waals surface area contributed by atoms with Crippen molar-refractivity contribution in [3.63, 3.8) is 0 Å². The summed E-state index contributed by atoms with van der Waals surface area (Å²) in [6.45, 7) is 11.8. The summed E-state index contributed by atoms with van der Waals surface area (Å²) in [6, 6.07) is 54.9. The van der Waals surface area contributed by atoms with Gasteiger partial charge in [-0.2, -0.15) is 0 Å². The molecule has 0 aliphatic carbocycles. The first-order valence-corrected chi connectivity index (χ1v) is 23.8. The van der Waals surface area contributed by atoms with E-state index >= 15 is 0 Å². The van der Waals surface area contributed by atoms with Crippen molar-refractivity contribution < 1.29 is 10.2 Å². The van der Waals surface area contributed by atoms with Crippen LogP contribution in [0, 0.1) is 13.8 Å². The van der Waals surface area contributed by atoms with E-state index in [-0.39, 0.29) is 0 Å². The van der Waals surface area contributed by atoms with Crippen LogP contribution in [0.5, 0.6) is 0 Å². The number of benzene rings is 7. The minimum Gasteiger partial charge on any atom is -0.378 e. The van der Waals surface area contributed by atoms with Gasteiger partial charge in [0.05, 0.1) is 0 Å². The lowest BCUT2D eigenvalue weighted by atomic mass is 9.78. The van der Waals surface area contributed by atoms with Gasteiger partial charge in [0.25, 0.3) is 0 Å². The van der Waals surface area contributed by atoms with E-state index in [9.17, 15) is 10.2 Å². The average molecular weight is 909 g/mol. The van der Waals surface area contributed by atoms with Crippen molar-refractivity contribution in [3.8, 4) is 0 Å². The van der Waals surface area contributed by atoms with Gasteiger partial charge in [0.15, 0.2) is 0 Å². The molecule has 0 saturated carbocycles. The Morgan fingerprint density at radius 3 is 0.779 bits per heavy atom. The van der Waals surface area contributed by atoms with Gasteiger partial charge in [0.2, 0.25) is 0 Å². The summed E-state index contributed by atoms with van der Waals surface area (Å²) in [5, 5.41) is 25.8. The van der Waals surface area contributed by atoms with Crippen LogP contribution in [0.2, 0.25) is 0 Å². The van der Waals surface area contributed by atoms with Gasteiger partial charge in [-0.05, 0) is 156 Å². The average Bonchev–Trinajstić information content (AvgIpc) is 3.34. The van der Waals surface area contributed by atoms with Crippen LogP contribution in [-0.4, -0.2) is 79.7 Å². The summed E-state index contributed by atoms with van der Waals surface area (Å²) < 4.78 is 0. The maximum absolute atomic E-state index is 12.9. The second kappa shape index (κ2) is 20.6. The lowest BCUT2D eigenvalue weighted by molar-refractivity contribution is 0.124. The minimum absolute atomic E-state index is 0.759. The zero-order chi connectivity index (χ0) is 48.9. The van der Waals surface area contributed by atoms with E-state index in [2.05, 4.69) is 166 Å². The molecular formula is C60H72N6O2. The Morgan fingerprint density at radius 2 is 0.574 bits per heavy atom. The fraction of sp³-hybridized carbons (Fsp3) is 0.300. The number of hydrogen-bond donors (Lipinski definition) is 2. The van der Waals surface area contributed by atoms with E-state index in [1.807, 2.05) is 105 Å². The van der Waals surface area contributed by atoms with Crippen LogP contribution in [-0.2, 0) is 24.3 Å². The van der Waals surface area contributed by atoms with Crippen molar-refractivity contribution in [2.24, 2.45) is 0 Å². The van der Waals surface area contributed by atoms with E-state index < -0.39 is 11.2 Å². The Hall–Kier alpha value is -6.74. The van der Waals surface area contributed by atoms with Crippen LogP contribution in [0.4, 0.5) is 34.1 Å². The van der Waals surface area contributed by atoms with E-state index in [1.54, 1.807) is 0 Å². The second-order valence-electron chi connectivity index (χ2n) is 19.0. The molecule has 0 spiro atoms. The van der Waals surface area contributed by atoms with Crippen molar-refractivity contribution >= 4 is 34.1 Å². The zero-order valence-corrected chi connectivity index (χ0v) is 42.4. The third-order valence-corrected chi connectivity index (χ3v) is 13.7. The first-order chi connectivity index (χ1) is 32.5. The summed E-state index contributed by atoms with van der Waals surface area (Å²) in [7, 11) is 16.2. The molecule has 0 saturated heterocycles. The largest absolute Gasteiger partial charge is 0.378 e. The van der Waals surface area contributed by atoms with Crippen molar-refractivity contribution in [2.75, 3.05) is 98.9 Å². The molecule has 0 fully saturated rings. The molecule has 7 aromatic carbocycles. The molecule has 8 heteroatoms. The van der Waals surface area contributed by atoms with Crippen LogP contribution >= 0.6 is 0 Å². The van der Waals surface area contributed by atoms with Crippen LogP contribution in [0.1, 0.15) is 69.5 Å². The van der Waals surface area contributed by atoms with Crippen LogP contribution in [0.15, 0.2) is 158 Å². The fourth-order valence-corrected chi connectivity index (χ4v) is 9.42. The summed E-state index contributed by atoms with van der Waals surface area (Å²) >= 11 is 0. The lowest BCUT2D eigenvalue weighted by Gasteiger charge is -2.33. The van der Waals surface area contributed by atoms with Gasteiger partial charge in [-0.15, -0.1) is 0 Å². The standard InChI is InChI=1S/C60H72N6O2/c1-13-65(55-35-37-57(43(3)39-55)59(67,47-19-27-51(28-20-47)61(5)6)48-21-29-52(30-22-48)62(7)8)41-45-15-17-46(18-16-45)42-66(14-2)56-36-38-58(44(4)40-56)60(68,49-23-31-53(32-24-49)63(9)10)50-25-33-54(34-26-50)64(11)12/h15-40,67-68H,13-14,41-42H2,1-12H3. The number of rotatable bonds is 18. The molecule has 0 aromatic heterocycles. The molecule has 0 radical (unpaired) electrons. The Kier molecular flexibility index (Phi) is 14.9. The number of aryl methyl sites for hydroxylation is 2. The molecule has 0 amide bonds. The van der Waals surface area contributed by atoms with E-state index in [0.717, 1.165) is 105 Å². The normalized spacial score (nSPS) is 11.6. The highest BCUT2D eigenvalue weighted by Crippen LogP contribution is 2.42. The molecule has 2 N–H and O–H groups in total. The van der Waals surface area contributed by atoms with Gasteiger partial charge >= 0.3 is 0 Å². The predicted octanol–water partition coefficient (Wildman–Crippen LogP) is 11.2. The third-order valence-electron chi connectivity index (χ3n) is 13.7. The lowest BCUT2D eigenvalue weighted by Crippen LogP contribution is -2.30. The van der Waals surface area contributed by atoms with E-state index in [0.29, 0.717) is 0 Å². The fourth-order valence-electron chi connectivity index (χ4n) is 9.42. The molecule has 0 heterocycles. The highest BCUT2D eigenvalue weighted by Gasteiger charge is 2.37. The minimum atomic E-state index is -1.35. The smallest absolute Gasteiger partial charge is 0.140 e. The highest BCUT2D eigenvalue weighted by atomic mass is 16.3. The maximum atomic E-state index is 12.9. The summed E-state index contributed by atoms with van der Waals surface area (Å²) in [4.78, 5) is 13.1. The third kappa shape index (κ3) is 10.1. The molecule has 7 rings (SSSR count). The predicted molar refractivity (Wildman–Crippen MR) is 290 cm³/mol. The first kappa shape index (κ1) is 49.2. The molecule has 68 heavy (non-hydrogen) atoms. The van der Waals surface area contributed by atoms with Crippen molar-refractivity contribution in [1.29, 1.82) is 0 Å².